The quantitative estimate of drug-likeness (QED) is 0.562. The average Bonchev–Trinajstić information content (AvgIpc) is 2.82. The van der Waals surface area contributed by atoms with Crippen molar-refractivity contribution < 1.29 is 28.6 Å². The van der Waals surface area contributed by atoms with Gasteiger partial charge in [0.25, 0.3) is 0 Å². The summed E-state index contributed by atoms with van der Waals surface area (Å²) in [5, 5.41) is 0. The summed E-state index contributed by atoms with van der Waals surface area (Å²) in [6.07, 6.45) is -1.01. The number of esters is 2. The third-order valence-electron chi connectivity index (χ3n) is 3.10. The van der Waals surface area contributed by atoms with Crippen LogP contribution in [0.3, 0.4) is 0 Å². The van der Waals surface area contributed by atoms with Crippen molar-refractivity contribution in [3.05, 3.63) is 0 Å². The highest BCUT2D eigenvalue weighted by atomic mass is 16.5. The van der Waals surface area contributed by atoms with Crippen molar-refractivity contribution in [3.8, 4) is 0 Å². The topological polar surface area (TPSA) is 82.1 Å². The van der Waals surface area contributed by atoms with Gasteiger partial charge in [-0.2, -0.15) is 0 Å². The van der Waals surface area contributed by atoms with Crippen LogP contribution in [0, 0.1) is 5.41 Å². The maximum atomic E-state index is 12.4. The maximum Gasteiger partial charge on any atom is 0.331 e. The van der Waals surface area contributed by atoms with Gasteiger partial charge in [0, 0.05) is 5.41 Å². The van der Waals surface area contributed by atoms with E-state index in [2.05, 4.69) is 0 Å². The predicted molar refractivity (Wildman–Crippen MR) is 73.1 cm³/mol. The molecule has 1 aliphatic rings. The molecule has 0 spiro atoms. The molecule has 0 bridgehead atoms. The first-order chi connectivity index (χ1) is 9.72. The van der Waals surface area contributed by atoms with Crippen LogP contribution < -0.4 is 0 Å². The van der Waals surface area contributed by atoms with Gasteiger partial charge in [0.15, 0.2) is 6.04 Å². The van der Waals surface area contributed by atoms with Crippen LogP contribution in [0.2, 0.25) is 0 Å². The Balaban J connectivity index is 2.94. The lowest BCUT2D eigenvalue weighted by atomic mass is 9.93. The Morgan fingerprint density at radius 3 is 2.38 bits per heavy atom. The normalized spacial score (nSPS) is 22.0. The third-order valence-corrected chi connectivity index (χ3v) is 3.10. The Morgan fingerprint density at radius 2 is 1.90 bits per heavy atom. The van der Waals surface area contributed by atoms with E-state index in [-0.39, 0.29) is 13.2 Å². The van der Waals surface area contributed by atoms with Crippen LogP contribution in [0.25, 0.3) is 0 Å². The van der Waals surface area contributed by atoms with Gasteiger partial charge in [0.2, 0.25) is 5.91 Å². The molecule has 7 nitrogen and oxygen atoms in total. The van der Waals surface area contributed by atoms with Gasteiger partial charge in [-0.1, -0.05) is 20.8 Å². The summed E-state index contributed by atoms with van der Waals surface area (Å²) in [7, 11) is 1.25. The smallest absolute Gasteiger partial charge is 0.331 e. The Labute approximate surface area is 124 Å². The minimum Gasteiger partial charge on any atom is -0.467 e. The van der Waals surface area contributed by atoms with Gasteiger partial charge in [-0.25, -0.2) is 4.79 Å². The molecule has 0 saturated carbocycles. The molecule has 1 saturated heterocycles. The van der Waals surface area contributed by atoms with Crippen molar-refractivity contribution in [1.82, 2.24) is 4.90 Å². The first-order valence-corrected chi connectivity index (χ1v) is 6.88. The highest BCUT2D eigenvalue weighted by Gasteiger charge is 2.47. The lowest BCUT2D eigenvalue weighted by Crippen LogP contribution is -2.51. The van der Waals surface area contributed by atoms with Crippen LogP contribution in [-0.4, -0.2) is 55.3 Å². The van der Waals surface area contributed by atoms with E-state index in [4.69, 9.17) is 14.2 Å². The van der Waals surface area contributed by atoms with Gasteiger partial charge in [0.1, 0.15) is 12.6 Å². The van der Waals surface area contributed by atoms with E-state index in [9.17, 15) is 14.4 Å². The van der Waals surface area contributed by atoms with Gasteiger partial charge < -0.3 is 14.2 Å². The summed E-state index contributed by atoms with van der Waals surface area (Å²) in [5.41, 5.74) is -0.396. The van der Waals surface area contributed by atoms with Crippen molar-refractivity contribution in [3.63, 3.8) is 0 Å². The van der Waals surface area contributed by atoms with Crippen LogP contribution in [0.15, 0.2) is 0 Å². The molecule has 120 valence electrons. The maximum absolute atomic E-state index is 12.4. The zero-order valence-corrected chi connectivity index (χ0v) is 13.2. The fourth-order valence-electron chi connectivity index (χ4n) is 2.22. The molecule has 1 aliphatic heterocycles. The Bertz CT molecular complexity index is 414. The zero-order chi connectivity index (χ0) is 16.2. The van der Waals surface area contributed by atoms with Gasteiger partial charge in [0.05, 0.1) is 20.3 Å². The standard InChI is InChI=1S/C14H23NO6/c1-6-20-11(17)7-10(16)15-9(12(18)19-5)8-21-13(15)14(2,3)4/h9,13H,6-8H2,1-5H3/t9-,13+/m0/s1. The molecule has 1 rings (SSSR count). The molecule has 2 atom stereocenters. The Morgan fingerprint density at radius 1 is 1.29 bits per heavy atom. The lowest BCUT2D eigenvalue weighted by Gasteiger charge is -2.35. The van der Waals surface area contributed by atoms with Crippen LogP contribution >= 0.6 is 0 Å². The summed E-state index contributed by atoms with van der Waals surface area (Å²) in [4.78, 5) is 36.9. The van der Waals surface area contributed by atoms with E-state index in [1.807, 2.05) is 20.8 Å². The molecule has 21 heavy (non-hydrogen) atoms. The van der Waals surface area contributed by atoms with Crippen molar-refractivity contribution in [1.29, 1.82) is 0 Å². The predicted octanol–water partition coefficient (Wildman–Crippen LogP) is 0.712. The Kier molecular flexibility index (Phi) is 5.71. The second kappa shape index (κ2) is 6.89. The van der Waals surface area contributed by atoms with E-state index in [1.54, 1.807) is 6.92 Å². The SMILES string of the molecule is CCOC(=O)CC(=O)N1[C@H](C(=O)OC)CO[C@@H]1C(C)(C)C. The van der Waals surface area contributed by atoms with E-state index >= 15 is 0 Å². The van der Waals surface area contributed by atoms with E-state index in [0.717, 1.165) is 0 Å². The van der Waals surface area contributed by atoms with Crippen LogP contribution in [0.5, 0.6) is 0 Å². The Hall–Kier alpha value is -1.63. The number of rotatable bonds is 4. The first kappa shape index (κ1) is 17.4. The molecule has 1 amide bonds. The largest absolute Gasteiger partial charge is 0.467 e. The molecule has 0 radical (unpaired) electrons. The molecule has 1 fully saturated rings. The van der Waals surface area contributed by atoms with Crippen molar-refractivity contribution >= 4 is 17.8 Å². The molecular formula is C14H23NO6. The zero-order valence-electron chi connectivity index (χ0n) is 13.2. The number of amides is 1. The molecule has 0 aromatic rings. The molecule has 0 unspecified atom stereocenters. The van der Waals surface area contributed by atoms with Gasteiger partial charge in [-0.15, -0.1) is 0 Å². The fourth-order valence-corrected chi connectivity index (χ4v) is 2.22. The highest BCUT2D eigenvalue weighted by Crippen LogP contribution is 2.32. The summed E-state index contributed by atoms with van der Waals surface area (Å²) in [5.74, 6) is -1.68. The first-order valence-electron chi connectivity index (χ1n) is 6.88. The molecule has 0 aromatic heterocycles. The number of carbonyl (C=O) groups excluding carboxylic acids is 3. The molecule has 1 heterocycles. The molecule has 0 N–H and O–H groups in total. The summed E-state index contributed by atoms with van der Waals surface area (Å²) < 4.78 is 15.1. The number of nitrogens with zero attached hydrogens (tertiary/aromatic N) is 1. The number of hydrogen-bond donors (Lipinski definition) is 0. The minimum atomic E-state index is -0.832. The molecule has 0 aromatic carbocycles. The van der Waals surface area contributed by atoms with E-state index in [1.165, 1.54) is 12.0 Å². The van der Waals surface area contributed by atoms with Gasteiger partial charge in [-0.05, 0) is 6.92 Å². The van der Waals surface area contributed by atoms with E-state index < -0.39 is 42.0 Å². The molecule has 0 aliphatic carbocycles. The van der Waals surface area contributed by atoms with Crippen LogP contribution in [0.4, 0.5) is 0 Å². The summed E-state index contributed by atoms with van der Waals surface area (Å²) in [6.45, 7) is 7.59. The highest BCUT2D eigenvalue weighted by molar-refractivity contribution is 5.96. The summed E-state index contributed by atoms with van der Waals surface area (Å²) in [6, 6.07) is -0.832. The molecular weight excluding hydrogens is 278 g/mol. The van der Waals surface area contributed by atoms with Crippen molar-refractivity contribution in [2.75, 3.05) is 20.3 Å². The number of hydrogen-bond acceptors (Lipinski definition) is 6. The number of ether oxygens (including phenoxy) is 3. The lowest BCUT2D eigenvalue weighted by molar-refractivity contribution is -0.159. The van der Waals surface area contributed by atoms with Crippen LogP contribution in [-0.2, 0) is 28.6 Å². The number of carbonyl (C=O) groups is 3. The van der Waals surface area contributed by atoms with Gasteiger partial charge in [-0.3, -0.25) is 14.5 Å². The number of methoxy groups -OCH3 is 1. The second-order valence-electron chi connectivity index (χ2n) is 5.87. The average molecular weight is 301 g/mol. The van der Waals surface area contributed by atoms with Crippen molar-refractivity contribution in [2.24, 2.45) is 5.41 Å². The third kappa shape index (κ3) is 4.17. The van der Waals surface area contributed by atoms with E-state index in [0.29, 0.717) is 0 Å². The molecule has 7 heteroatoms. The fraction of sp³-hybridized carbons (Fsp3) is 0.786. The minimum absolute atomic E-state index is 0.0587. The van der Waals surface area contributed by atoms with Crippen LogP contribution in [0.1, 0.15) is 34.1 Å². The van der Waals surface area contributed by atoms with Gasteiger partial charge >= 0.3 is 11.9 Å². The second-order valence-corrected chi connectivity index (χ2v) is 5.87. The van der Waals surface area contributed by atoms with Crippen molar-refractivity contribution in [2.45, 2.75) is 46.4 Å². The monoisotopic (exact) mass is 301 g/mol. The summed E-state index contributed by atoms with van der Waals surface area (Å²) >= 11 is 0.